The van der Waals surface area contributed by atoms with Crippen LogP contribution in [0.3, 0.4) is 0 Å². The molecule has 0 radical (unpaired) electrons. The van der Waals surface area contributed by atoms with Crippen LogP contribution in [0.15, 0.2) is 24.4 Å². The first-order valence-electron chi connectivity index (χ1n) is 6.51. The molecule has 1 N–H and O–H groups in total. The fraction of sp³-hybridized carbons (Fsp3) is 0.571. The number of hydrogen-bond donors (Lipinski definition) is 1. The normalized spacial score (nSPS) is 16.3. The third kappa shape index (κ3) is 5.08. The smallest absolute Gasteiger partial charge is 0.230 e. The Morgan fingerprint density at radius 3 is 3.06 bits per heavy atom. The van der Waals surface area contributed by atoms with Gasteiger partial charge in [0.15, 0.2) is 0 Å². The number of thioether (sulfide) groups is 1. The number of carbonyl (C=O) groups excluding carboxylic acids is 1. The molecule has 0 unspecified atom stereocenters. The molecule has 1 atom stereocenters. The maximum Gasteiger partial charge on any atom is 0.230 e. The molecule has 1 heterocycles. The van der Waals surface area contributed by atoms with Crippen LogP contribution >= 0.6 is 11.8 Å². The van der Waals surface area contributed by atoms with E-state index in [4.69, 9.17) is 0 Å². The molecule has 3 nitrogen and oxygen atoms in total. The molecule has 1 amide bonds. The molecule has 1 aliphatic carbocycles. The Balaban J connectivity index is 1.63. The van der Waals surface area contributed by atoms with Gasteiger partial charge in [0.2, 0.25) is 5.91 Å². The van der Waals surface area contributed by atoms with Crippen molar-refractivity contribution in [3.8, 4) is 0 Å². The third-order valence-electron chi connectivity index (χ3n) is 2.93. The molecule has 0 aromatic carbocycles. The Morgan fingerprint density at radius 1 is 1.56 bits per heavy atom. The Hall–Kier alpha value is -1.03. The molecule has 1 saturated carbocycles. The highest BCUT2D eigenvalue weighted by Gasteiger charge is 2.21. The van der Waals surface area contributed by atoms with Gasteiger partial charge >= 0.3 is 0 Å². The summed E-state index contributed by atoms with van der Waals surface area (Å²) < 4.78 is 0. The molecule has 98 valence electrons. The van der Waals surface area contributed by atoms with Crippen LogP contribution in [-0.4, -0.2) is 28.4 Å². The summed E-state index contributed by atoms with van der Waals surface area (Å²) in [6.07, 6.45) is 5.28. The highest BCUT2D eigenvalue weighted by atomic mass is 32.2. The van der Waals surface area contributed by atoms with Gasteiger partial charge in [0, 0.05) is 24.4 Å². The van der Waals surface area contributed by atoms with Crippen molar-refractivity contribution < 1.29 is 4.79 Å². The van der Waals surface area contributed by atoms with Crippen molar-refractivity contribution in [2.45, 2.75) is 32.2 Å². The maximum atomic E-state index is 11.7. The van der Waals surface area contributed by atoms with Crippen LogP contribution in [0.5, 0.6) is 0 Å². The number of rotatable bonds is 7. The van der Waals surface area contributed by atoms with E-state index in [1.165, 1.54) is 12.8 Å². The van der Waals surface area contributed by atoms with Gasteiger partial charge < -0.3 is 5.32 Å². The molecular formula is C14H20N2OS. The zero-order valence-corrected chi connectivity index (χ0v) is 11.6. The van der Waals surface area contributed by atoms with Crippen LogP contribution in [0.1, 0.15) is 25.5 Å². The molecule has 1 fully saturated rings. The third-order valence-corrected chi connectivity index (χ3v) is 4.11. The second kappa shape index (κ2) is 6.78. The van der Waals surface area contributed by atoms with E-state index >= 15 is 0 Å². The van der Waals surface area contributed by atoms with Crippen molar-refractivity contribution in [2.75, 3.05) is 11.5 Å². The molecule has 0 bridgehead atoms. The van der Waals surface area contributed by atoms with Crippen molar-refractivity contribution in [1.29, 1.82) is 0 Å². The number of amides is 1. The Kier molecular flexibility index (Phi) is 5.05. The van der Waals surface area contributed by atoms with E-state index in [9.17, 15) is 4.79 Å². The number of carbonyl (C=O) groups is 1. The first-order valence-corrected chi connectivity index (χ1v) is 7.66. The summed E-state index contributed by atoms with van der Waals surface area (Å²) in [7, 11) is 0. The average molecular weight is 264 g/mol. The molecule has 2 rings (SSSR count). The first kappa shape index (κ1) is 13.4. The highest BCUT2D eigenvalue weighted by Crippen LogP contribution is 2.32. The molecule has 4 heteroatoms. The molecule has 0 aliphatic heterocycles. The summed E-state index contributed by atoms with van der Waals surface area (Å²) in [5.41, 5.74) is 1.02. The molecule has 0 saturated heterocycles. The molecule has 1 aromatic rings. The quantitative estimate of drug-likeness (QED) is 0.821. The van der Waals surface area contributed by atoms with Crippen molar-refractivity contribution in [3.63, 3.8) is 0 Å². The highest BCUT2D eigenvalue weighted by molar-refractivity contribution is 7.99. The van der Waals surface area contributed by atoms with Crippen LogP contribution < -0.4 is 5.32 Å². The summed E-state index contributed by atoms with van der Waals surface area (Å²) >= 11 is 1.75. The van der Waals surface area contributed by atoms with Gasteiger partial charge in [0.25, 0.3) is 0 Å². The van der Waals surface area contributed by atoms with Crippen molar-refractivity contribution in [1.82, 2.24) is 10.3 Å². The fourth-order valence-corrected chi connectivity index (χ4v) is 2.86. The van der Waals surface area contributed by atoms with Crippen LogP contribution in [-0.2, 0) is 11.2 Å². The number of nitrogens with zero attached hydrogens (tertiary/aromatic N) is 1. The van der Waals surface area contributed by atoms with E-state index in [2.05, 4.69) is 10.3 Å². The minimum Gasteiger partial charge on any atom is -0.353 e. The number of hydrogen-bond acceptors (Lipinski definition) is 3. The van der Waals surface area contributed by atoms with Crippen molar-refractivity contribution in [3.05, 3.63) is 30.1 Å². The predicted octanol–water partition coefficient (Wildman–Crippen LogP) is 2.27. The van der Waals surface area contributed by atoms with Crippen LogP contribution in [0, 0.1) is 5.92 Å². The van der Waals surface area contributed by atoms with Crippen LogP contribution in [0.4, 0.5) is 0 Å². The summed E-state index contributed by atoms with van der Waals surface area (Å²) in [6, 6.07) is 6.02. The predicted molar refractivity (Wildman–Crippen MR) is 75.6 cm³/mol. The van der Waals surface area contributed by atoms with E-state index in [1.807, 2.05) is 25.1 Å². The van der Waals surface area contributed by atoms with Gasteiger partial charge in [-0.1, -0.05) is 6.07 Å². The van der Waals surface area contributed by atoms with Gasteiger partial charge in [-0.25, -0.2) is 0 Å². The average Bonchev–Trinajstić information content (AvgIpc) is 3.14. The fourth-order valence-electron chi connectivity index (χ4n) is 1.80. The van der Waals surface area contributed by atoms with Gasteiger partial charge in [0.1, 0.15) is 0 Å². The van der Waals surface area contributed by atoms with Gasteiger partial charge in [-0.3, -0.25) is 9.78 Å². The van der Waals surface area contributed by atoms with Crippen LogP contribution in [0.25, 0.3) is 0 Å². The molecule has 1 aliphatic rings. The first-order chi connectivity index (χ1) is 8.74. The Bertz CT molecular complexity index is 379. The van der Waals surface area contributed by atoms with Gasteiger partial charge in [-0.2, -0.15) is 11.8 Å². The summed E-state index contributed by atoms with van der Waals surface area (Å²) in [5, 5.41) is 3.02. The molecule has 0 spiro atoms. The maximum absolute atomic E-state index is 11.7. The lowest BCUT2D eigenvalue weighted by molar-refractivity contribution is -0.119. The zero-order chi connectivity index (χ0) is 12.8. The minimum absolute atomic E-state index is 0.143. The van der Waals surface area contributed by atoms with Gasteiger partial charge in [0.05, 0.1) is 5.75 Å². The lowest BCUT2D eigenvalue weighted by Crippen LogP contribution is -2.35. The monoisotopic (exact) mass is 264 g/mol. The second-order valence-electron chi connectivity index (χ2n) is 4.95. The van der Waals surface area contributed by atoms with Crippen LogP contribution in [0.2, 0.25) is 0 Å². The molecule has 1 aromatic heterocycles. The number of aromatic nitrogens is 1. The van der Waals surface area contributed by atoms with E-state index in [-0.39, 0.29) is 11.9 Å². The van der Waals surface area contributed by atoms with E-state index in [0.29, 0.717) is 5.75 Å². The lowest BCUT2D eigenvalue weighted by atomic mass is 10.1. The molecule has 18 heavy (non-hydrogen) atoms. The standard InChI is InChI=1S/C14H20N2OS/c1-11(8-13-4-2-3-7-15-13)16-14(17)10-18-9-12-5-6-12/h2-4,7,11-12H,5-6,8-10H2,1H3,(H,16,17)/t11-/m0/s1. The lowest BCUT2D eigenvalue weighted by Gasteiger charge is -2.13. The SMILES string of the molecule is C[C@@H](Cc1ccccn1)NC(=O)CSCC1CC1. The number of pyridine rings is 1. The summed E-state index contributed by atoms with van der Waals surface area (Å²) in [4.78, 5) is 16.0. The van der Waals surface area contributed by atoms with Gasteiger partial charge in [-0.05, 0) is 43.6 Å². The van der Waals surface area contributed by atoms with Crippen molar-refractivity contribution in [2.24, 2.45) is 5.92 Å². The van der Waals surface area contributed by atoms with E-state index in [1.54, 1.807) is 18.0 Å². The van der Waals surface area contributed by atoms with Gasteiger partial charge in [-0.15, -0.1) is 0 Å². The van der Waals surface area contributed by atoms with E-state index in [0.717, 1.165) is 23.8 Å². The zero-order valence-electron chi connectivity index (χ0n) is 10.8. The Labute approximate surface area is 113 Å². The molecular weight excluding hydrogens is 244 g/mol. The van der Waals surface area contributed by atoms with E-state index < -0.39 is 0 Å². The number of nitrogens with one attached hydrogen (secondary N) is 1. The second-order valence-corrected chi connectivity index (χ2v) is 5.98. The summed E-state index contributed by atoms with van der Waals surface area (Å²) in [6.45, 7) is 2.03. The topological polar surface area (TPSA) is 42.0 Å². The van der Waals surface area contributed by atoms with Crippen molar-refractivity contribution >= 4 is 17.7 Å². The minimum atomic E-state index is 0.143. The largest absolute Gasteiger partial charge is 0.353 e. The summed E-state index contributed by atoms with van der Waals surface area (Å²) in [5.74, 6) is 2.75. The Morgan fingerprint density at radius 2 is 2.39 bits per heavy atom.